The molecule has 1 atom stereocenters. The molecule has 1 fully saturated rings. The Morgan fingerprint density at radius 1 is 1.21 bits per heavy atom. The Morgan fingerprint density at radius 3 is 2.57 bits per heavy atom. The van der Waals surface area contributed by atoms with Crippen LogP contribution in [0.3, 0.4) is 0 Å². The molecule has 0 saturated carbocycles. The molecular weight excluding hydrogens is 469 g/mol. The molecule has 0 amide bonds. The van der Waals surface area contributed by atoms with Crippen LogP contribution in [0.4, 0.5) is 11.4 Å². The summed E-state index contributed by atoms with van der Waals surface area (Å²) in [7, 11) is 0. The molecule has 2 aromatic carbocycles. The zero-order valence-electron chi connectivity index (χ0n) is 15.9. The number of hydrogen-bond donors (Lipinski definition) is 2. The van der Waals surface area contributed by atoms with E-state index in [-0.39, 0.29) is 29.7 Å². The highest BCUT2D eigenvalue weighted by molar-refractivity contribution is 14.0. The van der Waals surface area contributed by atoms with Crippen molar-refractivity contribution in [3.8, 4) is 0 Å². The highest BCUT2D eigenvalue weighted by Gasteiger charge is 2.23. The van der Waals surface area contributed by atoms with Gasteiger partial charge in [0.1, 0.15) is 0 Å². The van der Waals surface area contributed by atoms with Crippen molar-refractivity contribution >= 4 is 41.3 Å². The molecular formula is C20H26IN5O2. The molecule has 1 saturated heterocycles. The third kappa shape index (κ3) is 6.08. The molecule has 150 valence electrons. The number of para-hydroxylation sites is 1. The third-order valence-corrected chi connectivity index (χ3v) is 4.56. The molecule has 0 spiro atoms. The van der Waals surface area contributed by atoms with Crippen LogP contribution >= 0.6 is 24.0 Å². The van der Waals surface area contributed by atoms with Gasteiger partial charge in [0.05, 0.1) is 11.5 Å². The van der Waals surface area contributed by atoms with E-state index in [0.717, 1.165) is 37.6 Å². The van der Waals surface area contributed by atoms with Crippen LogP contribution in [0.1, 0.15) is 18.9 Å². The lowest BCUT2D eigenvalue weighted by Gasteiger charge is -2.20. The number of non-ortho nitro benzene ring substituents is 1. The van der Waals surface area contributed by atoms with Gasteiger partial charge in [-0.2, -0.15) is 0 Å². The lowest BCUT2D eigenvalue weighted by Crippen LogP contribution is -2.44. The van der Waals surface area contributed by atoms with Gasteiger partial charge in [0, 0.05) is 43.5 Å². The normalized spacial score (nSPS) is 16.4. The van der Waals surface area contributed by atoms with Gasteiger partial charge in [0.25, 0.3) is 5.69 Å². The first-order chi connectivity index (χ1) is 13.2. The molecule has 7 nitrogen and oxygen atoms in total. The van der Waals surface area contributed by atoms with Crippen molar-refractivity contribution < 1.29 is 4.92 Å². The smallest absolute Gasteiger partial charge is 0.269 e. The van der Waals surface area contributed by atoms with Gasteiger partial charge in [-0.1, -0.05) is 30.3 Å². The minimum absolute atomic E-state index is 0. The number of nitrogens with zero attached hydrogens (tertiary/aromatic N) is 3. The number of aliphatic imine (C=N–C) groups is 1. The summed E-state index contributed by atoms with van der Waals surface area (Å²) in [5.74, 6) is 0.774. The van der Waals surface area contributed by atoms with Crippen LogP contribution in [0.15, 0.2) is 59.6 Å². The predicted molar refractivity (Wildman–Crippen MR) is 124 cm³/mol. The summed E-state index contributed by atoms with van der Waals surface area (Å²) in [5, 5.41) is 17.5. The number of guanidine groups is 1. The van der Waals surface area contributed by atoms with Gasteiger partial charge in [-0.05, 0) is 31.0 Å². The van der Waals surface area contributed by atoms with Crippen molar-refractivity contribution in [1.82, 2.24) is 10.6 Å². The summed E-state index contributed by atoms with van der Waals surface area (Å²) in [6.45, 7) is 5.24. The Labute approximate surface area is 182 Å². The van der Waals surface area contributed by atoms with E-state index in [4.69, 9.17) is 0 Å². The molecule has 0 aliphatic carbocycles. The minimum Gasteiger partial charge on any atom is -0.369 e. The van der Waals surface area contributed by atoms with Crippen LogP contribution in [-0.4, -0.2) is 36.6 Å². The first-order valence-corrected chi connectivity index (χ1v) is 9.24. The van der Waals surface area contributed by atoms with E-state index in [2.05, 4.69) is 44.8 Å². The van der Waals surface area contributed by atoms with Crippen molar-refractivity contribution in [3.05, 3.63) is 70.3 Å². The maximum absolute atomic E-state index is 10.7. The van der Waals surface area contributed by atoms with Crippen molar-refractivity contribution in [3.63, 3.8) is 0 Å². The molecule has 28 heavy (non-hydrogen) atoms. The summed E-state index contributed by atoms with van der Waals surface area (Å²) in [6.07, 6.45) is 1.05. The lowest BCUT2D eigenvalue weighted by molar-refractivity contribution is -0.384. The molecule has 1 aliphatic heterocycles. The summed E-state index contributed by atoms with van der Waals surface area (Å²) < 4.78 is 0. The zero-order chi connectivity index (χ0) is 19.1. The third-order valence-electron chi connectivity index (χ3n) is 4.56. The highest BCUT2D eigenvalue weighted by Crippen LogP contribution is 2.19. The van der Waals surface area contributed by atoms with E-state index in [9.17, 15) is 10.1 Å². The van der Waals surface area contributed by atoms with Gasteiger partial charge >= 0.3 is 0 Å². The molecule has 1 unspecified atom stereocenters. The van der Waals surface area contributed by atoms with Crippen molar-refractivity contribution in [2.75, 3.05) is 24.5 Å². The molecule has 0 aromatic heterocycles. The van der Waals surface area contributed by atoms with E-state index in [0.29, 0.717) is 12.6 Å². The minimum atomic E-state index is -0.392. The molecule has 0 bridgehead atoms. The molecule has 8 heteroatoms. The molecule has 2 N–H and O–H groups in total. The number of nitrogens with one attached hydrogen (secondary N) is 2. The highest BCUT2D eigenvalue weighted by atomic mass is 127. The van der Waals surface area contributed by atoms with Crippen molar-refractivity contribution in [2.24, 2.45) is 4.99 Å². The molecule has 3 rings (SSSR count). The maximum Gasteiger partial charge on any atom is 0.269 e. The van der Waals surface area contributed by atoms with Gasteiger partial charge in [0.15, 0.2) is 5.96 Å². The molecule has 1 aliphatic rings. The van der Waals surface area contributed by atoms with Crippen LogP contribution in [0.5, 0.6) is 0 Å². The van der Waals surface area contributed by atoms with Gasteiger partial charge < -0.3 is 15.5 Å². The number of rotatable bonds is 6. The van der Waals surface area contributed by atoms with E-state index in [1.165, 1.54) is 17.8 Å². The van der Waals surface area contributed by atoms with Crippen LogP contribution in [-0.2, 0) is 6.54 Å². The quantitative estimate of drug-likeness (QED) is 0.211. The van der Waals surface area contributed by atoms with Crippen molar-refractivity contribution in [1.29, 1.82) is 0 Å². The Balaban J connectivity index is 0.00000280. The van der Waals surface area contributed by atoms with Gasteiger partial charge in [0.2, 0.25) is 0 Å². The second-order valence-electron chi connectivity index (χ2n) is 6.53. The first kappa shape index (κ1) is 21.9. The van der Waals surface area contributed by atoms with E-state index >= 15 is 0 Å². The number of benzene rings is 2. The first-order valence-electron chi connectivity index (χ1n) is 9.24. The number of nitro groups is 1. The van der Waals surface area contributed by atoms with Crippen LogP contribution in [0, 0.1) is 10.1 Å². The van der Waals surface area contributed by atoms with E-state index in [1.54, 1.807) is 12.1 Å². The van der Waals surface area contributed by atoms with E-state index < -0.39 is 4.92 Å². The summed E-state index contributed by atoms with van der Waals surface area (Å²) >= 11 is 0. The Bertz CT molecular complexity index is 783. The summed E-state index contributed by atoms with van der Waals surface area (Å²) in [4.78, 5) is 17.3. The molecule has 1 heterocycles. The van der Waals surface area contributed by atoms with Gasteiger partial charge in [-0.15, -0.1) is 24.0 Å². The maximum atomic E-state index is 10.7. The Morgan fingerprint density at radius 2 is 1.93 bits per heavy atom. The van der Waals surface area contributed by atoms with Gasteiger partial charge in [-0.3, -0.25) is 10.1 Å². The number of nitro benzene ring substituents is 1. The van der Waals surface area contributed by atoms with E-state index in [1.807, 2.05) is 13.0 Å². The SMILES string of the molecule is CCNC(=NCc1ccc([N+](=O)[O-])cc1)NC1CCN(c2ccccc2)C1.I. The molecule has 0 radical (unpaired) electrons. The molecule has 2 aromatic rings. The standard InChI is InChI=1S/C20H25N5O2.HI/c1-2-21-20(22-14-16-8-10-19(11-9-16)25(26)27)23-17-12-13-24(15-17)18-6-4-3-5-7-18;/h3-11,17H,2,12-15H2,1H3,(H2,21,22,23);1H. The number of anilines is 1. The fourth-order valence-corrected chi connectivity index (χ4v) is 3.16. The average Bonchev–Trinajstić information content (AvgIpc) is 3.16. The van der Waals surface area contributed by atoms with Crippen LogP contribution in [0.25, 0.3) is 0 Å². The number of halogens is 1. The number of hydrogen-bond acceptors (Lipinski definition) is 4. The summed E-state index contributed by atoms with van der Waals surface area (Å²) in [5.41, 5.74) is 2.28. The zero-order valence-corrected chi connectivity index (χ0v) is 18.2. The van der Waals surface area contributed by atoms with Crippen LogP contribution < -0.4 is 15.5 Å². The fourth-order valence-electron chi connectivity index (χ4n) is 3.16. The van der Waals surface area contributed by atoms with Gasteiger partial charge in [-0.25, -0.2) is 4.99 Å². The predicted octanol–water partition coefficient (Wildman–Crippen LogP) is 3.55. The Kier molecular flexibility index (Phi) is 8.49. The van der Waals surface area contributed by atoms with Crippen LogP contribution in [0.2, 0.25) is 0 Å². The fraction of sp³-hybridized carbons (Fsp3) is 0.350. The summed E-state index contributed by atoms with van der Waals surface area (Å²) in [6, 6.07) is 17.3. The Hall–Kier alpha value is -2.36. The monoisotopic (exact) mass is 495 g/mol. The largest absolute Gasteiger partial charge is 0.369 e. The lowest BCUT2D eigenvalue weighted by atomic mass is 10.2. The average molecular weight is 495 g/mol. The van der Waals surface area contributed by atoms with Crippen molar-refractivity contribution in [2.45, 2.75) is 25.9 Å². The topological polar surface area (TPSA) is 82.8 Å². The second-order valence-corrected chi connectivity index (χ2v) is 6.53. The second kappa shape index (κ2) is 10.8.